The van der Waals surface area contributed by atoms with E-state index in [1.807, 2.05) is 50.2 Å². The number of nitrogen functional groups attached to an aromatic ring is 1. The van der Waals surface area contributed by atoms with Gasteiger partial charge in [0.2, 0.25) is 0 Å². The van der Waals surface area contributed by atoms with Crippen molar-refractivity contribution in [2.75, 3.05) is 26.3 Å². The summed E-state index contributed by atoms with van der Waals surface area (Å²) < 4.78 is 11.4. The monoisotopic (exact) mass is 433 g/mol. The SMILES string of the molecule is CCN(CC)C(=O)c1ccc(OCCCCCOc2ccc(C(=N)N)cc2)cc1.Cl. The molecule has 0 aliphatic rings. The number of hydrogen-bond donors (Lipinski definition) is 2. The van der Waals surface area contributed by atoms with Crippen LogP contribution in [-0.4, -0.2) is 42.9 Å². The number of carbonyl (C=O) groups is 1. The Bertz CT molecular complexity index is 775. The molecule has 0 heterocycles. The zero-order valence-corrected chi connectivity index (χ0v) is 18.5. The minimum absolute atomic E-state index is 0. The van der Waals surface area contributed by atoms with Crippen LogP contribution in [0, 0.1) is 5.41 Å². The van der Waals surface area contributed by atoms with Crippen LogP contribution in [0.2, 0.25) is 0 Å². The maximum absolute atomic E-state index is 12.3. The number of benzene rings is 2. The quantitative estimate of drug-likeness (QED) is 0.293. The van der Waals surface area contributed by atoms with Gasteiger partial charge in [0.25, 0.3) is 5.91 Å². The Kier molecular flexibility index (Phi) is 11.4. The fourth-order valence-electron chi connectivity index (χ4n) is 2.88. The second-order valence-corrected chi connectivity index (χ2v) is 6.70. The molecule has 3 N–H and O–H groups in total. The summed E-state index contributed by atoms with van der Waals surface area (Å²) in [5.41, 5.74) is 6.82. The Morgan fingerprint density at radius 2 is 1.27 bits per heavy atom. The summed E-state index contributed by atoms with van der Waals surface area (Å²) in [4.78, 5) is 14.1. The molecule has 0 radical (unpaired) electrons. The van der Waals surface area contributed by atoms with Crippen LogP contribution in [0.15, 0.2) is 48.5 Å². The molecular formula is C23H32ClN3O3. The van der Waals surface area contributed by atoms with E-state index in [-0.39, 0.29) is 24.1 Å². The molecule has 0 aromatic heterocycles. The normalized spacial score (nSPS) is 10.1. The number of nitrogens with one attached hydrogen (secondary N) is 1. The van der Waals surface area contributed by atoms with Crippen molar-refractivity contribution in [2.24, 2.45) is 5.73 Å². The number of nitrogens with two attached hydrogens (primary N) is 1. The predicted octanol–water partition coefficient (Wildman–Crippen LogP) is 4.50. The van der Waals surface area contributed by atoms with Gasteiger partial charge in [-0.3, -0.25) is 10.2 Å². The number of ether oxygens (including phenoxy) is 2. The summed E-state index contributed by atoms with van der Waals surface area (Å²) in [7, 11) is 0. The van der Waals surface area contributed by atoms with Crippen LogP contribution in [0.4, 0.5) is 0 Å². The molecule has 0 aliphatic carbocycles. The van der Waals surface area contributed by atoms with Crippen LogP contribution in [-0.2, 0) is 0 Å². The van der Waals surface area contributed by atoms with Crippen LogP contribution >= 0.6 is 12.4 Å². The van der Waals surface area contributed by atoms with E-state index in [4.69, 9.17) is 20.6 Å². The Balaban J connectivity index is 0.00000450. The zero-order chi connectivity index (χ0) is 21.1. The fourth-order valence-corrected chi connectivity index (χ4v) is 2.88. The van der Waals surface area contributed by atoms with Gasteiger partial charge in [-0.1, -0.05) is 0 Å². The van der Waals surface area contributed by atoms with Crippen LogP contribution in [0.1, 0.15) is 49.0 Å². The molecule has 1 amide bonds. The van der Waals surface area contributed by atoms with Gasteiger partial charge in [-0.25, -0.2) is 0 Å². The smallest absolute Gasteiger partial charge is 0.253 e. The zero-order valence-electron chi connectivity index (χ0n) is 17.7. The topological polar surface area (TPSA) is 88.6 Å². The largest absolute Gasteiger partial charge is 0.494 e. The maximum Gasteiger partial charge on any atom is 0.253 e. The number of amides is 1. The molecular weight excluding hydrogens is 402 g/mol. The first-order valence-electron chi connectivity index (χ1n) is 10.1. The molecule has 0 atom stereocenters. The highest BCUT2D eigenvalue weighted by Gasteiger charge is 2.11. The molecule has 2 aromatic carbocycles. The van der Waals surface area contributed by atoms with Gasteiger partial charge in [0.1, 0.15) is 17.3 Å². The summed E-state index contributed by atoms with van der Waals surface area (Å²) in [6, 6.07) is 14.6. The van der Waals surface area contributed by atoms with Gasteiger partial charge in [0.05, 0.1) is 13.2 Å². The van der Waals surface area contributed by atoms with Crippen LogP contribution in [0.5, 0.6) is 11.5 Å². The van der Waals surface area contributed by atoms with E-state index in [1.54, 1.807) is 17.0 Å². The Hall–Kier alpha value is -2.73. The van der Waals surface area contributed by atoms with Gasteiger partial charge < -0.3 is 20.1 Å². The van der Waals surface area contributed by atoms with Gasteiger partial charge >= 0.3 is 0 Å². The molecule has 0 saturated carbocycles. The Labute approximate surface area is 185 Å². The first-order chi connectivity index (χ1) is 14.0. The highest BCUT2D eigenvalue weighted by Crippen LogP contribution is 2.15. The number of rotatable bonds is 12. The lowest BCUT2D eigenvalue weighted by Crippen LogP contribution is -2.30. The van der Waals surface area contributed by atoms with Crippen molar-refractivity contribution in [3.63, 3.8) is 0 Å². The summed E-state index contributed by atoms with van der Waals surface area (Å²) in [5.74, 6) is 1.67. The first-order valence-corrected chi connectivity index (χ1v) is 10.1. The molecule has 0 spiro atoms. The summed E-state index contributed by atoms with van der Waals surface area (Å²) in [6.45, 7) is 6.66. The molecule has 0 saturated heterocycles. The van der Waals surface area contributed by atoms with Crippen molar-refractivity contribution >= 4 is 24.1 Å². The van der Waals surface area contributed by atoms with Crippen molar-refractivity contribution in [1.82, 2.24) is 4.90 Å². The number of halogens is 1. The average Bonchev–Trinajstić information content (AvgIpc) is 2.74. The van der Waals surface area contributed by atoms with Gasteiger partial charge in [-0.15, -0.1) is 12.4 Å². The van der Waals surface area contributed by atoms with Crippen molar-refractivity contribution in [3.05, 3.63) is 59.7 Å². The van der Waals surface area contributed by atoms with E-state index >= 15 is 0 Å². The third-order valence-corrected chi connectivity index (χ3v) is 4.64. The van der Waals surface area contributed by atoms with Gasteiger partial charge in [-0.05, 0) is 81.6 Å². The maximum atomic E-state index is 12.3. The predicted molar refractivity (Wildman–Crippen MR) is 123 cm³/mol. The molecule has 2 aromatic rings. The van der Waals surface area contributed by atoms with E-state index < -0.39 is 0 Å². The highest BCUT2D eigenvalue weighted by atomic mass is 35.5. The van der Waals surface area contributed by atoms with Gasteiger partial charge in [-0.2, -0.15) is 0 Å². The minimum Gasteiger partial charge on any atom is -0.494 e. The number of amidine groups is 1. The number of nitrogens with zero attached hydrogens (tertiary/aromatic N) is 1. The average molecular weight is 434 g/mol. The first kappa shape index (κ1) is 25.3. The second kappa shape index (κ2) is 13.5. The summed E-state index contributed by atoms with van der Waals surface area (Å²) in [5, 5.41) is 7.37. The second-order valence-electron chi connectivity index (χ2n) is 6.70. The van der Waals surface area contributed by atoms with E-state index in [0.29, 0.717) is 37.4 Å². The minimum atomic E-state index is 0. The van der Waals surface area contributed by atoms with E-state index in [2.05, 4.69) is 0 Å². The van der Waals surface area contributed by atoms with Crippen LogP contribution in [0.3, 0.4) is 0 Å². The van der Waals surface area contributed by atoms with E-state index in [1.165, 1.54) is 0 Å². The number of unbranched alkanes of at least 4 members (excludes halogenated alkanes) is 2. The lowest BCUT2D eigenvalue weighted by Gasteiger charge is -2.18. The van der Waals surface area contributed by atoms with Crippen molar-refractivity contribution in [1.29, 1.82) is 5.41 Å². The van der Waals surface area contributed by atoms with Crippen molar-refractivity contribution in [3.8, 4) is 11.5 Å². The standard InChI is InChI=1S/C23H31N3O3.ClH/c1-3-26(4-2)23(27)19-10-14-21(15-11-19)29-17-7-5-6-16-28-20-12-8-18(9-13-20)22(24)25;/h8-15H,3-7,16-17H2,1-2H3,(H3,24,25);1H. The van der Waals surface area contributed by atoms with Crippen molar-refractivity contribution in [2.45, 2.75) is 33.1 Å². The highest BCUT2D eigenvalue weighted by molar-refractivity contribution is 5.95. The lowest BCUT2D eigenvalue weighted by molar-refractivity contribution is 0.0773. The molecule has 7 heteroatoms. The summed E-state index contributed by atoms with van der Waals surface area (Å²) >= 11 is 0. The molecule has 2 rings (SSSR count). The van der Waals surface area contributed by atoms with E-state index in [0.717, 1.165) is 30.8 Å². The molecule has 0 bridgehead atoms. The molecule has 6 nitrogen and oxygen atoms in total. The fraction of sp³-hybridized carbons (Fsp3) is 0.391. The molecule has 0 unspecified atom stereocenters. The summed E-state index contributed by atoms with van der Waals surface area (Å²) in [6.07, 6.45) is 2.88. The number of carbonyl (C=O) groups excluding carboxylic acids is 1. The molecule has 0 fully saturated rings. The van der Waals surface area contributed by atoms with Crippen molar-refractivity contribution < 1.29 is 14.3 Å². The number of hydrogen-bond acceptors (Lipinski definition) is 4. The molecule has 164 valence electrons. The van der Waals surface area contributed by atoms with Crippen LogP contribution in [0.25, 0.3) is 0 Å². The third-order valence-electron chi connectivity index (χ3n) is 4.64. The third kappa shape index (κ3) is 7.95. The Morgan fingerprint density at radius 1 is 0.833 bits per heavy atom. The van der Waals surface area contributed by atoms with E-state index in [9.17, 15) is 4.79 Å². The van der Waals surface area contributed by atoms with Gasteiger partial charge in [0, 0.05) is 24.2 Å². The molecule has 0 aliphatic heterocycles. The Morgan fingerprint density at radius 3 is 1.67 bits per heavy atom. The van der Waals surface area contributed by atoms with Gasteiger partial charge in [0.15, 0.2) is 0 Å². The lowest BCUT2D eigenvalue weighted by atomic mass is 10.2. The van der Waals surface area contributed by atoms with Crippen LogP contribution < -0.4 is 15.2 Å². The molecule has 30 heavy (non-hydrogen) atoms.